The van der Waals surface area contributed by atoms with Gasteiger partial charge in [0.25, 0.3) is 0 Å². The van der Waals surface area contributed by atoms with Crippen LogP contribution in [-0.4, -0.2) is 17.8 Å². The molecule has 1 aliphatic rings. The molecule has 1 fully saturated rings. The van der Waals surface area contributed by atoms with Crippen molar-refractivity contribution in [3.63, 3.8) is 0 Å². The third-order valence-corrected chi connectivity index (χ3v) is 3.27. The third-order valence-electron chi connectivity index (χ3n) is 3.27. The van der Waals surface area contributed by atoms with Crippen LogP contribution in [0.4, 0.5) is 4.39 Å². The van der Waals surface area contributed by atoms with Gasteiger partial charge in [-0.2, -0.15) is 0 Å². The predicted octanol–water partition coefficient (Wildman–Crippen LogP) is 2.08. The van der Waals surface area contributed by atoms with E-state index < -0.39 is 0 Å². The SMILES string of the molecule is OC1CCCC1CNCc1ccc(F)cc1. The van der Waals surface area contributed by atoms with Crippen LogP contribution in [0.5, 0.6) is 0 Å². The maximum absolute atomic E-state index is 12.7. The molecule has 2 atom stereocenters. The second-order valence-electron chi connectivity index (χ2n) is 4.52. The molecule has 2 N–H and O–H groups in total. The Hall–Kier alpha value is -0.930. The van der Waals surface area contributed by atoms with Crippen molar-refractivity contribution >= 4 is 0 Å². The fraction of sp³-hybridized carbons (Fsp3) is 0.538. The number of hydrogen-bond acceptors (Lipinski definition) is 2. The zero-order chi connectivity index (χ0) is 11.4. The van der Waals surface area contributed by atoms with E-state index in [1.807, 2.05) is 0 Å². The summed E-state index contributed by atoms with van der Waals surface area (Å²) in [5, 5.41) is 12.9. The van der Waals surface area contributed by atoms with Gasteiger partial charge in [0.1, 0.15) is 5.82 Å². The molecule has 0 aliphatic heterocycles. The molecule has 0 aromatic heterocycles. The molecule has 88 valence electrons. The Morgan fingerprint density at radius 2 is 2.00 bits per heavy atom. The zero-order valence-electron chi connectivity index (χ0n) is 9.32. The fourth-order valence-corrected chi connectivity index (χ4v) is 2.26. The lowest BCUT2D eigenvalue weighted by Gasteiger charge is -2.15. The minimum absolute atomic E-state index is 0.138. The van der Waals surface area contributed by atoms with Crippen molar-refractivity contribution in [3.8, 4) is 0 Å². The van der Waals surface area contributed by atoms with Gasteiger partial charge in [-0.1, -0.05) is 18.6 Å². The summed E-state index contributed by atoms with van der Waals surface area (Å²) in [6.45, 7) is 1.59. The van der Waals surface area contributed by atoms with E-state index in [2.05, 4.69) is 5.32 Å². The summed E-state index contributed by atoms with van der Waals surface area (Å²) in [6, 6.07) is 6.52. The average Bonchev–Trinajstić information content (AvgIpc) is 2.68. The molecule has 2 unspecified atom stereocenters. The normalized spacial score (nSPS) is 24.9. The minimum Gasteiger partial charge on any atom is -0.393 e. The van der Waals surface area contributed by atoms with Gasteiger partial charge in [-0.15, -0.1) is 0 Å². The molecule has 1 aromatic carbocycles. The molecule has 1 saturated carbocycles. The molecule has 2 rings (SSSR count). The van der Waals surface area contributed by atoms with Crippen molar-refractivity contribution < 1.29 is 9.50 Å². The van der Waals surface area contributed by atoms with Crippen LogP contribution in [0.1, 0.15) is 24.8 Å². The van der Waals surface area contributed by atoms with E-state index in [-0.39, 0.29) is 11.9 Å². The monoisotopic (exact) mass is 223 g/mol. The van der Waals surface area contributed by atoms with Crippen molar-refractivity contribution in [2.75, 3.05) is 6.54 Å². The van der Waals surface area contributed by atoms with Gasteiger partial charge in [-0.05, 0) is 36.5 Å². The molecule has 3 heteroatoms. The molecule has 0 saturated heterocycles. The Balaban J connectivity index is 1.73. The van der Waals surface area contributed by atoms with E-state index in [4.69, 9.17) is 0 Å². The summed E-state index contributed by atoms with van der Waals surface area (Å²) in [5.74, 6) is 0.190. The van der Waals surface area contributed by atoms with Crippen molar-refractivity contribution in [1.29, 1.82) is 0 Å². The highest BCUT2D eigenvalue weighted by Crippen LogP contribution is 2.24. The van der Waals surface area contributed by atoms with Crippen LogP contribution >= 0.6 is 0 Å². The first kappa shape index (κ1) is 11.6. The molecule has 0 amide bonds. The van der Waals surface area contributed by atoms with E-state index >= 15 is 0 Å². The number of rotatable bonds is 4. The number of aliphatic hydroxyl groups is 1. The van der Waals surface area contributed by atoms with Crippen LogP contribution in [0.25, 0.3) is 0 Å². The van der Waals surface area contributed by atoms with Gasteiger partial charge in [-0.25, -0.2) is 4.39 Å². The number of nitrogens with one attached hydrogen (secondary N) is 1. The Bertz CT molecular complexity index is 325. The lowest BCUT2D eigenvalue weighted by Crippen LogP contribution is -2.27. The largest absolute Gasteiger partial charge is 0.393 e. The Morgan fingerprint density at radius 1 is 1.25 bits per heavy atom. The lowest BCUT2D eigenvalue weighted by atomic mass is 10.1. The van der Waals surface area contributed by atoms with Crippen LogP contribution in [0, 0.1) is 11.7 Å². The molecule has 16 heavy (non-hydrogen) atoms. The average molecular weight is 223 g/mol. The zero-order valence-corrected chi connectivity index (χ0v) is 9.32. The van der Waals surface area contributed by atoms with Gasteiger partial charge < -0.3 is 10.4 Å². The molecular weight excluding hydrogens is 205 g/mol. The molecule has 1 aromatic rings. The summed E-state index contributed by atoms with van der Waals surface area (Å²) >= 11 is 0. The fourth-order valence-electron chi connectivity index (χ4n) is 2.26. The van der Waals surface area contributed by atoms with Crippen LogP contribution in [-0.2, 0) is 6.54 Å². The number of halogens is 1. The van der Waals surface area contributed by atoms with Crippen LogP contribution in [0.2, 0.25) is 0 Å². The predicted molar refractivity (Wildman–Crippen MR) is 61.5 cm³/mol. The minimum atomic E-state index is -0.199. The van der Waals surface area contributed by atoms with Crippen molar-refractivity contribution in [2.24, 2.45) is 5.92 Å². The summed E-state index contributed by atoms with van der Waals surface area (Å²) in [7, 11) is 0. The quantitative estimate of drug-likeness (QED) is 0.819. The first-order chi connectivity index (χ1) is 7.75. The standard InChI is InChI=1S/C13H18FNO/c14-12-6-4-10(5-7-12)8-15-9-11-2-1-3-13(11)16/h4-7,11,13,15-16H,1-3,8-9H2. The highest BCUT2D eigenvalue weighted by molar-refractivity contribution is 5.15. The van der Waals surface area contributed by atoms with Crippen molar-refractivity contribution in [2.45, 2.75) is 31.9 Å². The van der Waals surface area contributed by atoms with E-state index in [1.165, 1.54) is 12.1 Å². The smallest absolute Gasteiger partial charge is 0.123 e. The number of aliphatic hydroxyl groups excluding tert-OH is 1. The molecule has 0 heterocycles. The molecular formula is C13H18FNO. The van der Waals surface area contributed by atoms with E-state index in [1.54, 1.807) is 12.1 Å². The van der Waals surface area contributed by atoms with E-state index in [0.717, 1.165) is 37.9 Å². The topological polar surface area (TPSA) is 32.3 Å². The van der Waals surface area contributed by atoms with E-state index in [0.29, 0.717) is 5.92 Å². The summed E-state index contributed by atoms with van der Waals surface area (Å²) in [4.78, 5) is 0. The first-order valence-electron chi connectivity index (χ1n) is 5.89. The molecule has 0 radical (unpaired) electrons. The summed E-state index contributed by atoms with van der Waals surface area (Å²) < 4.78 is 12.7. The second kappa shape index (κ2) is 5.41. The second-order valence-corrected chi connectivity index (χ2v) is 4.52. The van der Waals surface area contributed by atoms with Crippen LogP contribution in [0.3, 0.4) is 0 Å². The van der Waals surface area contributed by atoms with Gasteiger partial charge in [-0.3, -0.25) is 0 Å². The Morgan fingerprint density at radius 3 is 2.62 bits per heavy atom. The van der Waals surface area contributed by atoms with Gasteiger partial charge in [0.2, 0.25) is 0 Å². The van der Waals surface area contributed by atoms with Gasteiger partial charge in [0, 0.05) is 13.1 Å². The molecule has 0 spiro atoms. The van der Waals surface area contributed by atoms with Crippen LogP contribution < -0.4 is 5.32 Å². The summed E-state index contributed by atoms with van der Waals surface area (Å²) in [6.07, 6.45) is 3.03. The number of benzene rings is 1. The molecule has 2 nitrogen and oxygen atoms in total. The van der Waals surface area contributed by atoms with E-state index in [9.17, 15) is 9.50 Å². The lowest BCUT2D eigenvalue weighted by molar-refractivity contribution is 0.131. The van der Waals surface area contributed by atoms with Crippen molar-refractivity contribution in [3.05, 3.63) is 35.6 Å². The van der Waals surface area contributed by atoms with Gasteiger partial charge in [0.05, 0.1) is 6.10 Å². The van der Waals surface area contributed by atoms with Gasteiger partial charge >= 0.3 is 0 Å². The highest BCUT2D eigenvalue weighted by atomic mass is 19.1. The Labute approximate surface area is 95.5 Å². The maximum Gasteiger partial charge on any atom is 0.123 e. The van der Waals surface area contributed by atoms with Gasteiger partial charge in [0.15, 0.2) is 0 Å². The van der Waals surface area contributed by atoms with Crippen LogP contribution in [0.15, 0.2) is 24.3 Å². The summed E-state index contributed by atoms with van der Waals surface area (Å²) in [5.41, 5.74) is 1.08. The molecule has 0 bridgehead atoms. The first-order valence-corrected chi connectivity index (χ1v) is 5.89. The molecule has 1 aliphatic carbocycles. The maximum atomic E-state index is 12.7. The number of hydrogen-bond donors (Lipinski definition) is 2. The van der Waals surface area contributed by atoms with Crippen molar-refractivity contribution in [1.82, 2.24) is 5.32 Å². The highest BCUT2D eigenvalue weighted by Gasteiger charge is 2.24. The Kier molecular flexibility index (Phi) is 3.91. The third kappa shape index (κ3) is 3.03.